The van der Waals surface area contributed by atoms with Gasteiger partial charge in [0.05, 0.1) is 24.2 Å². The van der Waals surface area contributed by atoms with Crippen LogP contribution in [-0.4, -0.2) is 43.8 Å². The topological polar surface area (TPSA) is 75.6 Å². The molecule has 1 fully saturated rings. The largest absolute Gasteiger partial charge is 0.493 e. The van der Waals surface area contributed by atoms with E-state index in [1.165, 1.54) is 0 Å². The van der Waals surface area contributed by atoms with Crippen molar-refractivity contribution < 1.29 is 18.3 Å². The van der Waals surface area contributed by atoms with Crippen LogP contribution in [0.3, 0.4) is 0 Å². The van der Waals surface area contributed by atoms with Crippen LogP contribution in [-0.2, 0) is 9.84 Å². The monoisotopic (exact) mass is 283 g/mol. The highest BCUT2D eigenvalue weighted by Crippen LogP contribution is 2.32. The van der Waals surface area contributed by atoms with E-state index >= 15 is 0 Å². The zero-order valence-electron chi connectivity index (χ0n) is 10.5. The minimum absolute atomic E-state index is 0.00763. The highest BCUT2D eigenvalue weighted by molar-refractivity contribution is 7.91. The number of fused-ring (bicyclic) bond motifs is 1. The summed E-state index contributed by atoms with van der Waals surface area (Å²) in [6.07, 6.45) is -0.0414. The highest BCUT2D eigenvalue weighted by Gasteiger charge is 2.38. The molecule has 0 bridgehead atoms. The maximum absolute atomic E-state index is 11.5. The molecule has 0 saturated carbocycles. The van der Waals surface area contributed by atoms with E-state index in [2.05, 4.69) is 5.32 Å². The third kappa shape index (κ3) is 2.61. The Hall–Kier alpha value is -1.11. The van der Waals surface area contributed by atoms with Crippen LogP contribution in [0.4, 0.5) is 0 Å². The number of hydrogen-bond acceptors (Lipinski definition) is 5. The van der Waals surface area contributed by atoms with Gasteiger partial charge < -0.3 is 15.2 Å². The second kappa shape index (κ2) is 4.77. The van der Waals surface area contributed by atoms with Crippen LogP contribution in [0.2, 0.25) is 0 Å². The number of para-hydroxylation sites is 1. The van der Waals surface area contributed by atoms with Crippen LogP contribution in [0.15, 0.2) is 24.3 Å². The van der Waals surface area contributed by atoms with Gasteiger partial charge in [0.1, 0.15) is 5.75 Å². The van der Waals surface area contributed by atoms with Gasteiger partial charge in [-0.25, -0.2) is 8.42 Å². The summed E-state index contributed by atoms with van der Waals surface area (Å²) in [5.74, 6) is 0.699. The minimum atomic E-state index is -3.12. The van der Waals surface area contributed by atoms with Gasteiger partial charge in [-0.1, -0.05) is 18.2 Å². The molecule has 104 valence electrons. The lowest BCUT2D eigenvalue weighted by molar-refractivity contribution is 0.150. The van der Waals surface area contributed by atoms with Gasteiger partial charge >= 0.3 is 0 Å². The van der Waals surface area contributed by atoms with E-state index in [4.69, 9.17) is 4.74 Å². The second-order valence-corrected chi connectivity index (χ2v) is 7.30. The Balaban J connectivity index is 1.78. The number of benzene rings is 1. The molecule has 0 amide bonds. The predicted octanol–water partition coefficient (Wildman–Crippen LogP) is 0.258. The summed E-state index contributed by atoms with van der Waals surface area (Å²) < 4.78 is 28.6. The van der Waals surface area contributed by atoms with Crippen molar-refractivity contribution in [1.82, 2.24) is 5.32 Å². The van der Waals surface area contributed by atoms with Crippen molar-refractivity contribution in [2.45, 2.75) is 24.6 Å². The summed E-state index contributed by atoms with van der Waals surface area (Å²) in [7, 11) is -3.12. The molecular weight excluding hydrogens is 266 g/mol. The van der Waals surface area contributed by atoms with Crippen molar-refractivity contribution >= 4 is 9.84 Å². The van der Waals surface area contributed by atoms with Crippen molar-refractivity contribution in [3.63, 3.8) is 0 Å². The van der Waals surface area contributed by atoms with Gasteiger partial charge in [0.2, 0.25) is 0 Å². The maximum atomic E-state index is 11.5. The molecule has 2 aliphatic heterocycles. The van der Waals surface area contributed by atoms with Crippen molar-refractivity contribution in [2.75, 3.05) is 18.1 Å². The fourth-order valence-electron chi connectivity index (χ4n) is 2.76. The number of rotatable bonds is 2. The van der Waals surface area contributed by atoms with E-state index in [1.54, 1.807) is 0 Å². The minimum Gasteiger partial charge on any atom is -0.493 e. The van der Waals surface area contributed by atoms with E-state index < -0.39 is 15.9 Å². The summed E-state index contributed by atoms with van der Waals surface area (Å²) >= 11 is 0. The lowest BCUT2D eigenvalue weighted by atomic mass is 9.99. The van der Waals surface area contributed by atoms with E-state index in [-0.39, 0.29) is 23.6 Å². The van der Waals surface area contributed by atoms with Crippen LogP contribution in [0.1, 0.15) is 18.0 Å². The fraction of sp³-hybridized carbons (Fsp3) is 0.538. The second-order valence-electron chi connectivity index (χ2n) is 5.14. The van der Waals surface area contributed by atoms with E-state index in [0.29, 0.717) is 6.61 Å². The van der Waals surface area contributed by atoms with Crippen LogP contribution in [0, 0.1) is 0 Å². The maximum Gasteiger partial charge on any atom is 0.154 e. The van der Waals surface area contributed by atoms with Gasteiger partial charge in [0.15, 0.2) is 9.84 Å². The third-order valence-electron chi connectivity index (χ3n) is 3.70. The van der Waals surface area contributed by atoms with Crippen molar-refractivity contribution in [1.29, 1.82) is 0 Å². The average Bonchev–Trinajstić information content (AvgIpc) is 2.63. The first-order valence-corrected chi connectivity index (χ1v) is 8.23. The molecule has 2 aliphatic rings. The average molecular weight is 283 g/mol. The Kier molecular flexibility index (Phi) is 3.24. The van der Waals surface area contributed by atoms with Gasteiger partial charge in [-0.05, 0) is 6.07 Å². The number of ether oxygens (including phenoxy) is 1. The first-order chi connectivity index (χ1) is 9.05. The molecule has 3 rings (SSSR count). The summed E-state index contributed by atoms with van der Waals surface area (Å²) in [6, 6.07) is 7.38. The van der Waals surface area contributed by atoms with Gasteiger partial charge in [0, 0.05) is 24.1 Å². The summed E-state index contributed by atoms with van der Waals surface area (Å²) in [5.41, 5.74) is 1.03. The number of aliphatic hydroxyl groups is 1. The van der Waals surface area contributed by atoms with Crippen molar-refractivity contribution in [2.24, 2.45) is 0 Å². The summed E-state index contributed by atoms with van der Waals surface area (Å²) in [5, 5.41) is 13.1. The number of sulfone groups is 1. The molecule has 0 aliphatic carbocycles. The third-order valence-corrected chi connectivity index (χ3v) is 5.41. The number of nitrogens with one attached hydrogen (secondary N) is 1. The molecule has 0 aromatic heterocycles. The zero-order valence-corrected chi connectivity index (χ0v) is 11.3. The quantitative estimate of drug-likeness (QED) is 0.814. The van der Waals surface area contributed by atoms with Crippen molar-refractivity contribution in [3.05, 3.63) is 29.8 Å². The summed E-state index contributed by atoms with van der Waals surface area (Å²) in [6.45, 7) is 0.601. The molecule has 6 heteroatoms. The molecule has 5 nitrogen and oxygen atoms in total. The molecule has 0 radical (unpaired) electrons. The smallest absolute Gasteiger partial charge is 0.154 e. The molecule has 1 aromatic carbocycles. The molecule has 1 saturated heterocycles. The Morgan fingerprint density at radius 3 is 2.79 bits per heavy atom. The lowest BCUT2D eigenvalue weighted by Gasteiger charge is -2.29. The molecule has 1 aromatic rings. The molecule has 3 atom stereocenters. The number of aliphatic hydroxyl groups excluding tert-OH is 1. The van der Waals surface area contributed by atoms with Crippen LogP contribution < -0.4 is 10.1 Å². The molecule has 2 N–H and O–H groups in total. The Morgan fingerprint density at radius 2 is 2.05 bits per heavy atom. The fourth-order valence-corrected chi connectivity index (χ4v) is 4.52. The van der Waals surface area contributed by atoms with E-state index in [0.717, 1.165) is 17.7 Å². The zero-order chi connectivity index (χ0) is 13.5. The SMILES string of the molecule is O=S1(=O)CC(O)C(NC2CCOc3ccccc32)C1. The van der Waals surface area contributed by atoms with Crippen molar-refractivity contribution in [3.8, 4) is 5.75 Å². The van der Waals surface area contributed by atoms with Gasteiger partial charge in [-0.2, -0.15) is 0 Å². The van der Waals surface area contributed by atoms with Crippen LogP contribution in [0.25, 0.3) is 0 Å². The van der Waals surface area contributed by atoms with E-state index in [9.17, 15) is 13.5 Å². The first kappa shape index (κ1) is 12.9. The Bertz CT molecular complexity index is 572. The van der Waals surface area contributed by atoms with Crippen LogP contribution >= 0.6 is 0 Å². The van der Waals surface area contributed by atoms with E-state index in [1.807, 2.05) is 24.3 Å². The van der Waals surface area contributed by atoms with Crippen LogP contribution in [0.5, 0.6) is 5.75 Å². The first-order valence-electron chi connectivity index (χ1n) is 6.41. The molecule has 3 unspecified atom stereocenters. The standard InChI is InChI=1S/C13H17NO4S/c15-12-8-19(16,17)7-11(12)14-10-5-6-18-13-4-2-1-3-9(10)13/h1-4,10-12,14-15H,5-8H2. The molecule has 0 spiro atoms. The lowest BCUT2D eigenvalue weighted by Crippen LogP contribution is -2.42. The molecular formula is C13H17NO4S. The Morgan fingerprint density at radius 1 is 1.26 bits per heavy atom. The predicted molar refractivity (Wildman–Crippen MR) is 70.9 cm³/mol. The number of hydrogen-bond donors (Lipinski definition) is 2. The van der Waals surface area contributed by atoms with Gasteiger partial charge in [-0.3, -0.25) is 0 Å². The highest BCUT2D eigenvalue weighted by atomic mass is 32.2. The van der Waals surface area contributed by atoms with Gasteiger partial charge in [0.25, 0.3) is 0 Å². The Labute approximate surface area is 112 Å². The molecule has 2 heterocycles. The normalized spacial score (nSPS) is 32.6. The molecule has 19 heavy (non-hydrogen) atoms. The van der Waals surface area contributed by atoms with Gasteiger partial charge in [-0.15, -0.1) is 0 Å². The summed E-state index contributed by atoms with van der Waals surface area (Å²) in [4.78, 5) is 0.